The SMILES string of the molecule is CN(CCCn1cnc2cc(C=O)c3c(c21)CCC3)[C@H]1CC[C@H](OC(=O)[C@@](O)(c2cccs2)c2ccc(Cl)s2)CC1. The minimum atomic E-state index is -1.84. The maximum atomic E-state index is 13.4. The lowest BCUT2D eigenvalue weighted by Crippen LogP contribution is -2.42. The molecule has 0 amide bonds. The largest absolute Gasteiger partial charge is 0.460 e. The zero-order chi connectivity index (χ0) is 28.6. The Kier molecular flexibility index (Phi) is 8.34. The molecule has 0 aliphatic heterocycles. The summed E-state index contributed by atoms with van der Waals surface area (Å²) < 4.78 is 8.70. The number of aromatic nitrogens is 2. The summed E-state index contributed by atoms with van der Waals surface area (Å²) in [5, 5.41) is 13.4. The number of esters is 1. The van der Waals surface area contributed by atoms with Gasteiger partial charge in [0, 0.05) is 18.2 Å². The van der Waals surface area contributed by atoms with Crippen molar-refractivity contribution in [3.63, 3.8) is 0 Å². The Bertz CT molecular complexity index is 1540. The number of nitrogens with zero attached hydrogens (tertiary/aromatic N) is 3. The summed E-state index contributed by atoms with van der Waals surface area (Å²) in [6, 6.07) is 9.34. The number of carbonyl (C=O) groups excluding carboxylic acids is 2. The van der Waals surface area contributed by atoms with E-state index in [2.05, 4.69) is 21.5 Å². The van der Waals surface area contributed by atoms with E-state index in [0.717, 1.165) is 81.8 Å². The lowest BCUT2D eigenvalue weighted by Gasteiger charge is -2.35. The molecular formula is C31H34ClN3O4S2. The third-order valence-electron chi connectivity index (χ3n) is 8.69. The quantitative estimate of drug-likeness (QED) is 0.169. The molecule has 3 heterocycles. The molecule has 0 spiro atoms. The second-order valence-electron chi connectivity index (χ2n) is 11.2. The number of aldehydes is 1. The van der Waals surface area contributed by atoms with Crippen LogP contribution in [0.5, 0.6) is 0 Å². The first-order chi connectivity index (χ1) is 19.9. The van der Waals surface area contributed by atoms with E-state index in [1.54, 1.807) is 18.2 Å². The molecule has 1 saturated carbocycles. The van der Waals surface area contributed by atoms with Crippen LogP contribution in [0.3, 0.4) is 0 Å². The Morgan fingerprint density at radius 2 is 2.02 bits per heavy atom. The highest BCUT2D eigenvalue weighted by atomic mass is 35.5. The minimum Gasteiger partial charge on any atom is -0.460 e. The molecular weight excluding hydrogens is 578 g/mol. The van der Waals surface area contributed by atoms with Crippen LogP contribution in [0.4, 0.5) is 0 Å². The summed E-state index contributed by atoms with van der Waals surface area (Å²) in [4.78, 5) is 33.0. The highest BCUT2D eigenvalue weighted by Crippen LogP contribution is 2.40. The van der Waals surface area contributed by atoms with Crippen LogP contribution >= 0.6 is 34.3 Å². The van der Waals surface area contributed by atoms with Gasteiger partial charge >= 0.3 is 5.97 Å². The Labute approximate surface area is 252 Å². The van der Waals surface area contributed by atoms with E-state index in [0.29, 0.717) is 20.1 Å². The molecule has 0 bridgehead atoms. The minimum absolute atomic E-state index is 0.218. The Balaban J connectivity index is 1.03. The molecule has 2 aliphatic carbocycles. The Hall–Kier alpha value is -2.56. The van der Waals surface area contributed by atoms with Crippen LogP contribution in [0.15, 0.2) is 42.0 Å². The smallest absolute Gasteiger partial charge is 0.349 e. The molecule has 0 unspecified atom stereocenters. The van der Waals surface area contributed by atoms with Gasteiger partial charge in [-0.15, -0.1) is 22.7 Å². The Morgan fingerprint density at radius 3 is 2.73 bits per heavy atom. The first kappa shape index (κ1) is 28.6. The van der Waals surface area contributed by atoms with Crippen LogP contribution < -0.4 is 0 Å². The molecule has 7 nitrogen and oxygen atoms in total. The monoisotopic (exact) mass is 611 g/mol. The average molecular weight is 612 g/mol. The predicted molar refractivity (Wildman–Crippen MR) is 163 cm³/mol. The summed E-state index contributed by atoms with van der Waals surface area (Å²) in [6.07, 6.45) is 10.2. The summed E-state index contributed by atoms with van der Waals surface area (Å²) in [7, 11) is 2.17. The molecule has 6 rings (SSSR count). The van der Waals surface area contributed by atoms with Crippen molar-refractivity contribution in [3.8, 4) is 0 Å². The number of hydrogen-bond donors (Lipinski definition) is 1. The second kappa shape index (κ2) is 12.0. The van der Waals surface area contributed by atoms with E-state index >= 15 is 0 Å². The second-order valence-corrected chi connectivity index (χ2v) is 13.8. The van der Waals surface area contributed by atoms with Gasteiger partial charge in [-0.3, -0.25) is 4.79 Å². The number of aliphatic hydroxyl groups is 1. The number of ether oxygens (including phenoxy) is 1. The number of halogens is 1. The molecule has 0 saturated heterocycles. The van der Waals surface area contributed by atoms with Gasteiger partial charge in [0.05, 0.1) is 31.5 Å². The molecule has 1 aromatic carbocycles. The molecule has 1 N–H and O–H groups in total. The highest BCUT2D eigenvalue weighted by molar-refractivity contribution is 7.16. The lowest BCUT2D eigenvalue weighted by atomic mass is 9.91. The van der Waals surface area contributed by atoms with E-state index < -0.39 is 11.6 Å². The Morgan fingerprint density at radius 1 is 1.22 bits per heavy atom. The summed E-state index contributed by atoms with van der Waals surface area (Å²) >= 11 is 8.66. The standard InChI is InChI=1S/C31H34ClN3O4S2/c1-34(14-4-15-35-19-33-25-17-20(18-36)23-5-2-6-24(23)29(25)35)21-8-10-22(11-9-21)39-30(37)31(38,26-7-3-16-40-26)27-12-13-28(32)41-27/h3,7,12-13,16-19,21-22,38H,2,4-6,8-11,14-15H2,1H3/t21-,22-,31-/m1/s1. The van der Waals surface area contributed by atoms with Crippen molar-refractivity contribution in [3.05, 3.63) is 72.8 Å². The number of thiophene rings is 2. The summed E-state index contributed by atoms with van der Waals surface area (Å²) in [6.45, 7) is 1.84. The number of fused-ring (bicyclic) bond motifs is 3. The molecule has 1 fully saturated rings. The van der Waals surface area contributed by atoms with Gasteiger partial charge in [-0.05, 0) is 106 Å². The normalized spacial score (nSPS) is 20.3. The predicted octanol–water partition coefficient (Wildman–Crippen LogP) is 6.23. The van der Waals surface area contributed by atoms with Crippen LogP contribution in [0, 0.1) is 0 Å². The first-order valence-electron chi connectivity index (χ1n) is 14.3. The van der Waals surface area contributed by atoms with Crippen molar-refractivity contribution in [1.29, 1.82) is 0 Å². The molecule has 2 aliphatic rings. The molecule has 1 atom stereocenters. The van der Waals surface area contributed by atoms with Crippen LogP contribution in [-0.4, -0.2) is 57.6 Å². The van der Waals surface area contributed by atoms with Gasteiger partial charge in [0.25, 0.3) is 0 Å². The number of rotatable bonds is 10. The lowest BCUT2D eigenvalue weighted by molar-refractivity contribution is -0.169. The van der Waals surface area contributed by atoms with Gasteiger partial charge in [0.2, 0.25) is 5.60 Å². The number of aryl methyl sites for hydroxylation is 2. The van der Waals surface area contributed by atoms with Crippen molar-refractivity contribution in [1.82, 2.24) is 14.5 Å². The third kappa shape index (κ3) is 5.50. The van der Waals surface area contributed by atoms with Crippen molar-refractivity contribution in [2.24, 2.45) is 0 Å². The van der Waals surface area contributed by atoms with Crippen LogP contribution in [0.25, 0.3) is 11.0 Å². The maximum Gasteiger partial charge on any atom is 0.349 e. The number of carbonyl (C=O) groups is 2. The van der Waals surface area contributed by atoms with E-state index in [-0.39, 0.29) is 6.10 Å². The zero-order valence-electron chi connectivity index (χ0n) is 23.1. The fourth-order valence-electron chi connectivity index (χ4n) is 6.49. The number of benzene rings is 1. The number of hydrogen-bond acceptors (Lipinski definition) is 8. The van der Waals surface area contributed by atoms with Gasteiger partial charge in [0.15, 0.2) is 0 Å². The molecule has 3 aromatic heterocycles. The zero-order valence-corrected chi connectivity index (χ0v) is 25.4. The van der Waals surface area contributed by atoms with Gasteiger partial charge in [-0.25, -0.2) is 9.78 Å². The van der Waals surface area contributed by atoms with E-state index in [1.165, 1.54) is 39.3 Å². The number of imidazole rings is 1. The summed E-state index contributed by atoms with van der Waals surface area (Å²) in [5.74, 6) is -0.630. The van der Waals surface area contributed by atoms with Crippen molar-refractivity contribution < 1.29 is 19.4 Å². The fourth-order valence-corrected chi connectivity index (χ4v) is 8.52. The van der Waals surface area contributed by atoms with E-state index in [4.69, 9.17) is 16.3 Å². The highest BCUT2D eigenvalue weighted by Gasteiger charge is 2.45. The topological polar surface area (TPSA) is 84.7 Å². The molecule has 0 radical (unpaired) electrons. The molecule has 216 valence electrons. The summed E-state index contributed by atoms with van der Waals surface area (Å²) in [5.41, 5.74) is 3.57. The van der Waals surface area contributed by atoms with Gasteiger partial charge in [-0.1, -0.05) is 17.7 Å². The van der Waals surface area contributed by atoms with Crippen LogP contribution in [-0.2, 0) is 34.5 Å². The van der Waals surface area contributed by atoms with Gasteiger partial charge < -0.3 is 19.3 Å². The van der Waals surface area contributed by atoms with Crippen LogP contribution in [0.2, 0.25) is 4.34 Å². The van der Waals surface area contributed by atoms with Gasteiger partial charge in [-0.2, -0.15) is 0 Å². The van der Waals surface area contributed by atoms with E-state index in [1.807, 2.05) is 23.8 Å². The van der Waals surface area contributed by atoms with Crippen molar-refractivity contribution in [2.75, 3.05) is 13.6 Å². The molecule has 4 aromatic rings. The fraction of sp³-hybridized carbons (Fsp3) is 0.452. The van der Waals surface area contributed by atoms with Crippen molar-refractivity contribution in [2.45, 2.75) is 75.7 Å². The van der Waals surface area contributed by atoms with E-state index in [9.17, 15) is 14.7 Å². The molecule has 41 heavy (non-hydrogen) atoms. The van der Waals surface area contributed by atoms with Crippen LogP contribution in [0.1, 0.15) is 69.8 Å². The van der Waals surface area contributed by atoms with Gasteiger partial charge in [0.1, 0.15) is 12.4 Å². The third-order valence-corrected chi connectivity index (χ3v) is 11.0. The average Bonchev–Trinajstić information content (AvgIpc) is 3.79. The maximum absolute atomic E-state index is 13.4. The molecule has 10 heteroatoms. The first-order valence-corrected chi connectivity index (χ1v) is 16.3. The van der Waals surface area contributed by atoms with Crippen molar-refractivity contribution >= 4 is 57.6 Å².